The number of halogens is 4. The fourth-order valence-electron chi connectivity index (χ4n) is 3.16. The van der Waals surface area contributed by atoms with E-state index in [-0.39, 0.29) is 5.39 Å². The van der Waals surface area contributed by atoms with E-state index in [0.29, 0.717) is 11.8 Å². The molecular weight excluding hydrogens is 356 g/mol. The summed E-state index contributed by atoms with van der Waals surface area (Å²) in [6, 6.07) is 14.3. The molecule has 0 aliphatic heterocycles. The van der Waals surface area contributed by atoms with Crippen LogP contribution in [-0.4, -0.2) is 6.61 Å². The lowest BCUT2D eigenvalue weighted by molar-refractivity contribution is -0.0544. The van der Waals surface area contributed by atoms with Crippen molar-refractivity contribution in [2.75, 3.05) is 0 Å². The van der Waals surface area contributed by atoms with E-state index >= 15 is 0 Å². The molecule has 142 valence electrons. The molecule has 0 bridgehead atoms. The lowest BCUT2D eigenvalue weighted by Gasteiger charge is -2.11. The molecule has 0 amide bonds. The number of hydrogen-bond donors (Lipinski definition) is 0. The quantitative estimate of drug-likeness (QED) is 0.430. The Morgan fingerprint density at radius 1 is 0.815 bits per heavy atom. The van der Waals surface area contributed by atoms with Crippen LogP contribution in [0.1, 0.15) is 30.0 Å². The van der Waals surface area contributed by atoms with Crippen LogP contribution in [0.4, 0.5) is 17.6 Å². The predicted molar refractivity (Wildman–Crippen MR) is 98.3 cm³/mol. The summed E-state index contributed by atoms with van der Waals surface area (Å²) in [6.07, 6.45) is 3.67. The summed E-state index contributed by atoms with van der Waals surface area (Å²) in [5.41, 5.74) is 3.41. The van der Waals surface area contributed by atoms with Crippen molar-refractivity contribution in [3.63, 3.8) is 0 Å². The number of alkyl halides is 2. The molecule has 0 radical (unpaired) electrons. The average Bonchev–Trinajstić information content (AvgIpc) is 2.64. The van der Waals surface area contributed by atoms with Gasteiger partial charge in [0.2, 0.25) is 0 Å². The monoisotopic (exact) mass is 376 g/mol. The maximum Gasteiger partial charge on any atom is 0.387 e. The van der Waals surface area contributed by atoms with E-state index in [1.54, 1.807) is 12.1 Å². The average molecular weight is 376 g/mol. The zero-order chi connectivity index (χ0) is 19.4. The molecule has 3 aromatic rings. The van der Waals surface area contributed by atoms with Crippen molar-refractivity contribution in [1.82, 2.24) is 0 Å². The summed E-state index contributed by atoms with van der Waals surface area (Å²) < 4.78 is 56.8. The fraction of sp³-hybridized carbons (Fsp3) is 0.273. The Hall–Kier alpha value is -2.56. The highest BCUT2D eigenvalue weighted by atomic mass is 19.3. The minimum atomic E-state index is -3.28. The van der Waals surface area contributed by atoms with Crippen LogP contribution in [0.5, 0.6) is 5.75 Å². The van der Waals surface area contributed by atoms with Crippen molar-refractivity contribution in [1.29, 1.82) is 0 Å². The van der Waals surface area contributed by atoms with E-state index in [1.165, 1.54) is 17.2 Å². The first kappa shape index (κ1) is 19.2. The van der Waals surface area contributed by atoms with Gasteiger partial charge in [-0.05, 0) is 47.4 Å². The molecule has 0 aromatic heterocycles. The van der Waals surface area contributed by atoms with Gasteiger partial charge in [0.15, 0.2) is 17.4 Å². The maximum absolute atomic E-state index is 14.3. The second-order valence-corrected chi connectivity index (χ2v) is 6.50. The van der Waals surface area contributed by atoms with Crippen LogP contribution < -0.4 is 4.74 Å². The highest BCUT2D eigenvalue weighted by Gasteiger charge is 2.18. The Balaban J connectivity index is 1.78. The first-order chi connectivity index (χ1) is 13.0. The van der Waals surface area contributed by atoms with Crippen LogP contribution in [0.3, 0.4) is 0 Å². The van der Waals surface area contributed by atoms with Gasteiger partial charge in [-0.25, -0.2) is 8.78 Å². The van der Waals surface area contributed by atoms with Crippen molar-refractivity contribution < 1.29 is 22.3 Å². The van der Waals surface area contributed by atoms with Crippen LogP contribution in [0.25, 0.3) is 10.8 Å². The molecular formula is C22H20F4O. The molecule has 1 nitrogen and oxygen atoms in total. The maximum atomic E-state index is 14.3. The fourth-order valence-corrected chi connectivity index (χ4v) is 3.16. The van der Waals surface area contributed by atoms with Gasteiger partial charge in [-0.3, -0.25) is 0 Å². The van der Waals surface area contributed by atoms with Crippen LogP contribution in [0.2, 0.25) is 0 Å². The van der Waals surface area contributed by atoms with E-state index in [9.17, 15) is 17.6 Å². The number of hydrogen-bond acceptors (Lipinski definition) is 1. The first-order valence-corrected chi connectivity index (χ1v) is 8.91. The summed E-state index contributed by atoms with van der Waals surface area (Å²) in [7, 11) is 0. The summed E-state index contributed by atoms with van der Waals surface area (Å²) in [4.78, 5) is 0. The summed E-state index contributed by atoms with van der Waals surface area (Å²) in [5.74, 6) is -3.29. The van der Waals surface area contributed by atoms with Crippen LogP contribution in [0, 0.1) is 11.6 Å². The number of fused-ring (bicyclic) bond motifs is 1. The molecule has 3 aromatic carbocycles. The molecule has 0 heterocycles. The Morgan fingerprint density at radius 3 is 2.04 bits per heavy atom. The molecule has 0 fully saturated rings. The molecule has 3 rings (SSSR count). The Bertz CT molecular complexity index is 920. The van der Waals surface area contributed by atoms with Gasteiger partial charge in [0.25, 0.3) is 0 Å². The number of benzene rings is 3. The second kappa shape index (κ2) is 8.42. The minimum absolute atomic E-state index is 0.0553. The number of rotatable bonds is 7. The van der Waals surface area contributed by atoms with Gasteiger partial charge in [-0.2, -0.15) is 8.78 Å². The lowest BCUT2D eigenvalue weighted by Crippen LogP contribution is -2.06. The number of ether oxygens (including phenoxy) is 1. The smallest absolute Gasteiger partial charge is 0.387 e. The largest absolute Gasteiger partial charge is 0.429 e. The van der Waals surface area contributed by atoms with Gasteiger partial charge in [0, 0.05) is 5.39 Å². The molecule has 0 spiro atoms. The van der Waals surface area contributed by atoms with Crippen molar-refractivity contribution in [2.24, 2.45) is 0 Å². The SMILES string of the molecule is CCCc1ccc(CCc2ccc3c(F)c(OC(F)F)c(F)cc3c2)cc1. The standard InChI is InChI=1S/C22H20F4O/c1-2-3-14-4-6-15(7-5-14)8-9-16-10-11-18-17(12-16)13-19(23)21(20(18)24)27-22(25)26/h4-7,10-13,22H,2-3,8-9H2,1H3. The van der Waals surface area contributed by atoms with Gasteiger partial charge < -0.3 is 4.74 Å². The van der Waals surface area contributed by atoms with E-state index in [4.69, 9.17) is 0 Å². The molecule has 0 aliphatic carbocycles. The van der Waals surface area contributed by atoms with Crippen molar-refractivity contribution in [2.45, 2.75) is 39.2 Å². The third-order valence-electron chi connectivity index (χ3n) is 4.52. The van der Waals surface area contributed by atoms with Gasteiger partial charge in [0.1, 0.15) is 0 Å². The summed E-state index contributed by atoms with van der Waals surface area (Å²) in [6.45, 7) is -1.14. The third-order valence-corrected chi connectivity index (χ3v) is 4.52. The van der Waals surface area contributed by atoms with Gasteiger partial charge in [0.05, 0.1) is 0 Å². The van der Waals surface area contributed by atoms with Crippen molar-refractivity contribution in [3.05, 3.63) is 76.9 Å². The van der Waals surface area contributed by atoms with Gasteiger partial charge >= 0.3 is 6.61 Å². The molecule has 0 saturated heterocycles. The molecule has 0 saturated carbocycles. The highest BCUT2D eigenvalue weighted by Crippen LogP contribution is 2.31. The molecule has 0 unspecified atom stereocenters. The van der Waals surface area contributed by atoms with Gasteiger partial charge in [-0.15, -0.1) is 0 Å². The van der Waals surface area contributed by atoms with E-state index in [2.05, 4.69) is 35.9 Å². The zero-order valence-electron chi connectivity index (χ0n) is 14.9. The van der Waals surface area contributed by atoms with Crippen LogP contribution in [0.15, 0.2) is 48.5 Å². The lowest BCUT2D eigenvalue weighted by atomic mass is 9.99. The predicted octanol–water partition coefficient (Wildman–Crippen LogP) is 6.46. The highest BCUT2D eigenvalue weighted by molar-refractivity contribution is 5.85. The molecule has 0 aliphatic rings. The normalized spacial score (nSPS) is 11.3. The summed E-state index contributed by atoms with van der Waals surface area (Å²) in [5, 5.41) is 0.377. The van der Waals surface area contributed by atoms with Crippen molar-refractivity contribution in [3.8, 4) is 5.75 Å². The van der Waals surface area contributed by atoms with Crippen LogP contribution in [-0.2, 0) is 19.3 Å². The Kier molecular flexibility index (Phi) is 5.99. The Morgan fingerprint density at radius 2 is 1.41 bits per heavy atom. The molecule has 0 atom stereocenters. The first-order valence-electron chi connectivity index (χ1n) is 8.91. The molecule has 27 heavy (non-hydrogen) atoms. The van der Waals surface area contributed by atoms with Gasteiger partial charge in [-0.1, -0.05) is 55.8 Å². The molecule has 5 heteroatoms. The minimum Gasteiger partial charge on any atom is -0.429 e. The van der Waals surface area contributed by atoms with Crippen molar-refractivity contribution >= 4 is 10.8 Å². The zero-order valence-corrected chi connectivity index (χ0v) is 14.9. The third kappa shape index (κ3) is 4.59. The van der Waals surface area contributed by atoms with Crippen LogP contribution >= 0.6 is 0 Å². The van der Waals surface area contributed by atoms with E-state index < -0.39 is 24.0 Å². The number of aryl methyl sites for hydroxylation is 3. The Labute approximate surface area is 155 Å². The molecule has 0 N–H and O–H groups in total. The van der Waals surface area contributed by atoms with E-state index in [0.717, 1.165) is 30.9 Å². The second-order valence-electron chi connectivity index (χ2n) is 6.50. The summed E-state index contributed by atoms with van der Waals surface area (Å²) >= 11 is 0. The van der Waals surface area contributed by atoms with E-state index in [1.807, 2.05) is 0 Å². The topological polar surface area (TPSA) is 9.23 Å².